The molecule has 1 unspecified atom stereocenters. The number of anilines is 1. The number of carbonyl (C=O) groups is 2. The van der Waals surface area contributed by atoms with Crippen molar-refractivity contribution in [3.63, 3.8) is 0 Å². The molecule has 0 spiro atoms. The highest BCUT2D eigenvalue weighted by atomic mass is 79.9. The van der Waals surface area contributed by atoms with Crippen LogP contribution in [0.4, 0.5) is 5.82 Å². The number of aliphatic imine (C=N–C) groups is 1. The van der Waals surface area contributed by atoms with Crippen molar-refractivity contribution in [1.29, 1.82) is 0 Å². The first-order valence-corrected chi connectivity index (χ1v) is 10.6. The van der Waals surface area contributed by atoms with Gasteiger partial charge < -0.3 is 19.6 Å². The van der Waals surface area contributed by atoms with E-state index in [1.54, 1.807) is 11.0 Å². The van der Waals surface area contributed by atoms with E-state index in [0.29, 0.717) is 23.5 Å². The number of benzene rings is 1. The number of carboxylic acids is 1. The van der Waals surface area contributed by atoms with Crippen molar-refractivity contribution >= 4 is 50.9 Å². The minimum atomic E-state index is -0.874. The lowest BCUT2D eigenvalue weighted by atomic mass is 10.1. The molecular weight excluding hydrogens is 452 g/mol. The van der Waals surface area contributed by atoms with Crippen LogP contribution in [0, 0.1) is 0 Å². The number of fused-ring (bicyclic) bond motifs is 1. The molecule has 8 nitrogen and oxygen atoms in total. The van der Waals surface area contributed by atoms with Crippen LogP contribution in [0.1, 0.15) is 29.6 Å². The fraction of sp³-hybridized carbons (Fsp3) is 0.429. The monoisotopic (exact) mass is 476 g/mol. The summed E-state index contributed by atoms with van der Waals surface area (Å²) >= 11 is 3.47. The molecule has 9 heteroatoms. The fourth-order valence-electron chi connectivity index (χ4n) is 3.44. The highest BCUT2D eigenvalue weighted by Crippen LogP contribution is 2.30. The summed E-state index contributed by atoms with van der Waals surface area (Å²) < 4.78 is 6.46. The third-order valence-electron chi connectivity index (χ3n) is 4.84. The molecule has 3 rings (SSSR count). The van der Waals surface area contributed by atoms with Gasteiger partial charge in [0.25, 0.3) is 5.91 Å². The molecule has 1 saturated heterocycles. The average molecular weight is 477 g/mol. The van der Waals surface area contributed by atoms with Crippen molar-refractivity contribution in [2.24, 2.45) is 4.99 Å². The minimum Gasteiger partial charge on any atom is -0.481 e. The lowest BCUT2D eigenvalue weighted by Crippen LogP contribution is -2.34. The molecule has 160 valence electrons. The Bertz CT molecular complexity index is 963. The number of aromatic nitrogens is 1. The number of hydrogen-bond acceptors (Lipinski definition) is 5. The number of hydrogen-bond donors (Lipinski definition) is 1. The first-order valence-electron chi connectivity index (χ1n) is 9.76. The molecule has 1 atom stereocenters. The standard InChI is InChI=1S/C21H25BrN4O4/c1-25(2)13-23-21(29)17-11-19(24-18-10-14(22)5-6-16(17)18)26-8-3-4-15(26)12-30-9-7-20(27)28/h5-6,10-11,13,15H,3-4,7-9,12H2,1-2H3,(H,27,28). The lowest BCUT2D eigenvalue weighted by molar-refractivity contribution is -0.138. The minimum absolute atomic E-state index is 0.0164. The van der Waals surface area contributed by atoms with E-state index in [4.69, 9.17) is 14.8 Å². The zero-order valence-corrected chi connectivity index (χ0v) is 18.6. The number of aliphatic carboxylic acids is 1. The van der Waals surface area contributed by atoms with E-state index in [1.807, 2.05) is 32.3 Å². The predicted molar refractivity (Wildman–Crippen MR) is 119 cm³/mol. The first-order chi connectivity index (χ1) is 14.3. The normalized spacial score (nSPS) is 16.5. The van der Waals surface area contributed by atoms with Gasteiger partial charge in [0.1, 0.15) is 5.82 Å². The summed E-state index contributed by atoms with van der Waals surface area (Å²) in [6.07, 6.45) is 3.38. The second kappa shape index (κ2) is 9.99. The number of carboxylic acid groups (broad SMARTS) is 1. The fourth-order valence-corrected chi connectivity index (χ4v) is 3.79. The maximum absolute atomic E-state index is 12.8. The summed E-state index contributed by atoms with van der Waals surface area (Å²) in [4.78, 5) is 36.2. The number of pyridine rings is 1. The Morgan fingerprint density at radius 2 is 2.20 bits per heavy atom. The van der Waals surface area contributed by atoms with Gasteiger partial charge >= 0.3 is 5.97 Å². The van der Waals surface area contributed by atoms with Crippen molar-refractivity contribution < 1.29 is 19.4 Å². The van der Waals surface area contributed by atoms with E-state index < -0.39 is 5.97 Å². The smallest absolute Gasteiger partial charge is 0.305 e. The number of ether oxygens (including phenoxy) is 1. The molecule has 0 saturated carbocycles. The number of rotatable bonds is 8. The first kappa shape index (κ1) is 22.2. The van der Waals surface area contributed by atoms with Gasteiger partial charge in [-0.1, -0.05) is 22.0 Å². The molecule has 2 heterocycles. The van der Waals surface area contributed by atoms with Crippen LogP contribution in [0.3, 0.4) is 0 Å². The molecule has 1 aliphatic rings. The van der Waals surface area contributed by atoms with Crippen LogP contribution in [0.2, 0.25) is 0 Å². The van der Waals surface area contributed by atoms with Crippen molar-refractivity contribution in [2.75, 3.05) is 38.8 Å². The Balaban J connectivity index is 1.91. The molecule has 0 aliphatic carbocycles. The van der Waals surface area contributed by atoms with E-state index in [1.165, 1.54) is 6.34 Å². The average Bonchev–Trinajstić information content (AvgIpc) is 3.16. The van der Waals surface area contributed by atoms with E-state index in [2.05, 4.69) is 25.8 Å². The Labute approximate surface area is 183 Å². The largest absolute Gasteiger partial charge is 0.481 e. The SMILES string of the molecule is CN(C)C=NC(=O)c1cc(N2CCCC2COCCC(=O)O)nc2cc(Br)ccc12. The topological polar surface area (TPSA) is 95.3 Å². The van der Waals surface area contributed by atoms with Crippen LogP contribution in [-0.2, 0) is 9.53 Å². The molecule has 1 N–H and O–H groups in total. The quantitative estimate of drug-likeness (QED) is 0.355. The van der Waals surface area contributed by atoms with Gasteiger partial charge in [-0.3, -0.25) is 9.59 Å². The molecule has 2 aromatic rings. The van der Waals surface area contributed by atoms with Gasteiger partial charge in [-0.05, 0) is 31.0 Å². The van der Waals surface area contributed by atoms with E-state index in [0.717, 1.165) is 29.2 Å². The van der Waals surface area contributed by atoms with Gasteiger partial charge in [-0.25, -0.2) is 4.98 Å². The van der Waals surface area contributed by atoms with Gasteiger partial charge in [0, 0.05) is 30.5 Å². The van der Waals surface area contributed by atoms with Gasteiger partial charge in [0.2, 0.25) is 0 Å². The van der Waals surface area contributed by atoms with Crippen molar-refractivity contribution in [3.05, 3.63) is 34.3 Å². The second-order valence-corrected chi connectivity index (χ2v) is 8.33. The summed E-state index contributed by atoms with van der Waals surface area (Å²) in [5.74, 6) is -0.497. The molecule has 0 radical (unpaired) electrons. The molecule has 30 heavy (non-hydrogen) atoms. The van der Waals surface area contributed by atoms with Crippen LogP contribution in [-0.4, -0.2) is 73.1 Å². The molecule has 1 aromatic heterocycles. The van der Waals surface area contributed by atoms with Gasteiger partial charge in [-0.15, -0.1) is 0 Å². The summed E-state index contributed by atoms with van der Waals surface area (Å²) in [5, 5.41) is 9.51. The zero-order valence-electron chi connectivity index (χ0n) is 17.0. The number of halogens is 1. The van der Waals surface area contributed by atoms with Crippen molar-refractivity contribution in [3.8, 4) is 0 Å². The molecule has 1 amide bonds. The summed E-state index contributed by atoms with van der Waals surface area (Å²) in [5.41, 5.74) is 1.21. The third-order valence-corrected chi connectivity index (χ3v) is 5.33. The van der Waals surface area contributed by atoms with Crippen LogP contribution in [0.15, 0.2) is 33.7 Å². The van der Waals surface area contributed by atoms with Gasteiger partial charge in [-0.2, -0.15) is 4.99 Å². The Morgan fingerprint density at radius 1 is 1.40 bits per heavy atom. The maximum atomic E-state index is 12.8. The Kier molecular flexibility index (Phi) is 7.38. The van der Waals surface area contributed by atoms with E-state index >= 15 is 0 Å². The van der Waals surface area contributed by atoms with E-state index in [9.17, 15) is 9.59 Å². The second-order valence-electron chi connectivity index (χ2n) is 7.41. The van der Waals surface area contributed by atoms with Crippen LogP contribution in [0.25, 0.3) is 10.9 Å². The third kappa shape index (κ3) is 5.54. The number of amides is 1. The lowest BCUT2D eigenvalue weighted by Gasteiger charge is -2.26. The zero-order chi connectivity index (χ0) is 21.7. The van der Waals surface area contributed by atoms with Gasteiger partial charge in [0.05, 0.1) is 43.1 Å². The highest BCUT2D eigenvalue weighted by Gasteiger charge is 2.27. The van der Waals surface area contributed by atoms with Crippen LogP contribution >= 0.6 is 15.9 Å². The predicted octanol–water partition coefficient (Wildman–Crippen LogP) is 3.19. The molecule has 1 aliphatic heterocycles. The summed E-state index contributed by atoms with van der Waals surface area (Å²) in [6, 6.07) is 7.51. The van der Waals surface area contributed by atoms with Crippen LogP contribution in [0.5, 0.6) is 0 Å². The summed E-state index contributed by atoms with van der Waals surface area (Å²) in [6.45, 7) is 1.41. The molecule has 1 aromatic carbocycles. The van der Waals surface area contributed by atoms with Crippen molar-refractivity contribution in [2.45, 2.75) is 25.3 Å². The summed E-state index contributed by atoms with van der Waals surface area (Å²) in [7, 11) is 3.62. The number of nitrogens with zero attached hydrogens (tertiary/aromatic N) is 4. The number of carbonyl (C=O) groups excluding carboxylic acids is 1. The maximum Gasteiger partial charge on any atom is 0.305 e. The van der Waals surface area contributed by atoms with Crippen molar-refractivity contribution in [1.82, 2.24) is 9.88 Å². The van der Waals surface area contributed by atoms with Crippen LogP contribution < -0.4 is 4.90 Å². The molecular formula is C21H25BrN4O4. The Morgan fingerprint density at radius 3 is 2.93 bits per heavy atom. The Hall–Kier alpha value is -2.52. The molecule has 1 fully saturated rings. The molecule has 0 bridgehead atoms. The van der Waals surface area contributed by atoms with Gasteiger partial charge in [0.15, 0.2) is 0 Å². The van der Waals surface area contributed by atoms with E-state index in [-0.39, 0.29) is 25.0 Å². The highest BCUT2D eigenvalue weighted by molar-refractivity contribution is 9.10.